The van der Waals surface area contributed by atoms with Crippen molar-refractivity contribution >= 4 is 0 Å². The Hall–Kier alpha value is -0.600. The van der Waals surface area contributed by atoms with Crippen LogP contribution in [0.25, 0.3) is 0 Å². The maximum atomic E-state index is 5.71. The van der Waals surface area contributed by atoms with E-state index in [1.807, 2.05) is 0 Å². The molecule has 1 heterocycles. The third-order valence-electron chi connectivity index (χ3n) is 3.33. The molecule has 0 N–H and O–H groups in total. The monoisotopic (exact) mass is 266 g/mol. The summed E-state index contributed by atoms with van der Waals surface area (Å²) in [4.78, 5) is 0. The van der Waals surface area contributed by atoms with Gasteiger partial charge in [0, 0.05) is 13.2 Å². The van der Waals surface area contributed by atoms with E-state index in [1.54, 1.807) is 0 Å². The first-order valence-corrected chi connectivity index (χ1v) is 7.98. The summed E-state index contributed by atoms with van der Waals surface area (Å²) >= 11 is 0. The van der Waals surface area contributed by atoms with Crippen LogP contribution in [0.15, 0.2) is 24.3 Å². The molecule has 1 saturated heterocycles. The lowest BCUT2D eigenvalue weighted by Crippen LogP contribution is -2.22. The minimum absolute atomic E-state index is 0.0852. The van der Waals surface area contributed by atoms with Crippen LogP contribution in [-0.4, -0.2) is 19.5 Å². The lowest BCUT2D eigenvalue weighted by Gasteiger charge is -2.22. The summed E-state index contributed by atoms with van der Waals surface area (Å²) in [7, 11) is 0. The largest absolute Gasteiger partial charge is 0.353 e. The van der Waals surface area contributed by atoms with Gasteiger partial charge in [0.05, 0.1) is 0 Å². The topological polar surface area (TPSA) is 18.5 Å². The van der Waals surface area contributed by atoms with Gasteiger partial charge in [-0.25, -0.2) is 0 Å². The summed E-state index contributed by atoms with van der Waals surface area (Å²) in [6.45, 7) is 3.90. The Morgan fingerprint density at radius 1 is 1.05 bits per heavy atom. The lowest BCUT2D eigenvalue weighted by molar-refractivity contribution is -0.162. The Bertz CT molecular complexity index is 240. The first-order chi connectivity index (χ1) is 9.43. The van der Waals surface area contributed by atoms with Crippen molar-refractivity contribution < 1.29 is 9.47 Å². The lowest BCUT2D eigenvalue weighted by atomic mass is 10.1. The molecule has 0 aliphatic carbocycles. The maximum absolute atomic E-state index is 5.71. The van der Waals surface area contributed by atoms with Crippen LogP contribution < -0.4 is 0 Å². The van der Waals surface area contributed by atoms with Gasteiger partial charge >= 0.3 is 0 Å². The second kappa shape index (κ2) is 12.4. The molecule has 0 saturated carbocycles. The molecule has 2 nitrogen and oxygen atoms in total. The van der Waals surface area contributed by atoms with E-state index >= 15 is 0 Å². The van der Waals surface area contributed by atoms with E-state index in [0.29, 0.717) is 0 Å². The van der Waals surface area contributed by atoms with Crippen LogP contribution in [0.5, 0.6) is 0 Å². The van der Waals surface area contributed by atoms with E-state index < -0.39 is 0 Å². The zero-order valence-corrected chi connectivity index (χ0v) is 12.5. The summed E-state index contributed by atoms with van der Waals surface area (Å²) in [6.07, 6.45) is 19.7. The van der Waals surface area contributed by atoms with E-state index in [1.165, 1.54) is 44.9 Å². The van der Waals surface area contributed by atoms with Crippen LogP contribution in [0, 0.1) is 0 Å². The van der Waals surface area contributed by atoms with Crippen LogP contribution >= 0.6 is 0 Å². The average Bonchev–Trinajstić information content (AvgIpc) is 2.46. The number of allylic oxidation sites excluding steroid dienone is 4. The SMILES string of the molecule is CC/C=C\C=C\CCCCCCOC1CCCCO1. The third kappa shape index (κ3) is 9.92. The van der Waals surface area contributed by atoms with Crippen LogP contribution in [0.3, 0.4) is 0 Å². The number of rotatable bonds is 10. The molecule has 0 spiro atoms. The van der Waals surface area contributed by atoms with E-state index in [0.717, 1.165) is 26.1 Å². The molecule has 1 unspecified atom stereocenters. The fraction of sp³-hybridized carbons (Fsp3) is 0.765. The molecule has 1 rings (SSSR count). The Morgan fingerprint density at radius 2 is 1.89 bits per heavy atom. The highest BCUT2D eigenvalue weighted by atomic mass is 16.7. The van der Waals surface area contributed by atoms with Crippen molar-refractivity contribution in [1.82, 2.24) is 0 Å². The zero-order chi connectivity index (χ0) is 13.6. The Morgan fingerprint density at radius 3 is 2.68 bits per heavy atom. The van der Waals surface area contributed by atoms with Crippen molar-refractivity contribution in [2.45, 2.75) is 71.0 Å². The molecule has 0 aromatic heterocycles. The quantitative estimate of drug-likeness (QED) is 0.409. The van der Waals surface area contributed by atoms with Gasteiger partial charge in [0.1, 0.15) is 0 Å². The molecule has 0 aromatic rings. The van der Waals surface area contributed by atoms with Crippen LogP contribution in [0.2, 0.25) is 0 Å². The van der Waals surface area contributed by atoms with Crippen molar-refractivity contribution in [3.63, 3.8) is 0 Å². The van der Waals surface area contributed by atoms with Gasteiger partial charge < -0.3 is 9.47 Å². The van der Waals surface area contributed by atoms with Gasteiger partial charge in [-0.2, -0.15) is 0 Å². The van der Waals surface area contributed by atoms with Gasteiger partial charge in [0.15, 0.2) is 6.29 Å². The van der Waals surface area contributed by atoms with Gasteiger partial charge in [-0.15, -0.1) is 0 Å². The molecular formula is C17H30O2. The molecule has 1 aliphatic heterocycles. The van der Waals surface area contributed by atoms with Gasteiger partial charge in [0.25, 0.3) is 0 Å². The fourth-order valence-electron chi connectivity index (χ4n) is 2.16. The van der Waals surface area contributed by atoms with Crippen LogP contribution in [0.4, 0.5) is 0 Å². The van der Waals surface area contributed by atoms with Crippen molar-refractivity contribution in [2.24, 2.45) is 0 Å². The second-order valence-electron chi connectivity index (χ2n) is 5.13. The van der Waals surface area contributed by atoms with Gasteiger partial charge in [-0.1, -0.05) is 44.1 Å². The van der Waals surface area contributed by atoms with E-state index in [4.69, 9.17) is 9.47 Å². The summed E-state index contributed by atoms with van der Waals surface area (Å²) in [5.74, 6) is 0. The van der Waals surface area contributed by atoms with E-state index in [-0.39, 0.29) is 6.29 Å². The first kappa shape index (κ1) is 16.5. The van der Waals surface area contributed by atoms with E-state index in [9.17, 15) is 0 Å². The Kier molecular flexibility index (Phi) is 10.8. The molecule has 0 bridgehead atoms. The zero-order valence-electron chi connectivity index (χ0n) is 12.5. The summed E-state index contributed by atoms with van der Waals surface area (Å²) in [6, 6.07) is 0. The normalized spacial score (nSPS) is 20.6. The highest BCUT2D eigenvalue weighted by Crippen LogP contribution is 2.14. The number of ether oxygens (including phenoxy) is 2. The predicted octanol–water partition coefficient (Wildman–Crippen LogP) is 5.00. The maximum Gasteiger partial charge on any atom is 0.157 e. The molecule has 19 heavy (non-hydrogen) atoms. The molecule has 0 amide bonds. The Balaban J connectivity index is 1.80. The molecular weight excluding hydrogens is 236 g/mol. The molecule has 1 atom stereocenters. The summed E-state index contributed by atoms with van der Waals surface area (Å²) < 4.78 is 11.2. The standard InChI is InChI=1S/C17H30O2/c1-2-3-4-5-6-7-8-9-10-12-15-18-17-14-11-13-16-19-17/h3-6,17H,2,7-16H2,1H3/b4-3-,6-5+. The highest BCUT2D eigenvalue weighted by Gasteiger charge is 2.12. The van der Waals surface area contributed by atoms with Crippen LogP contribution in [-0.2, 0) is 9.47 Å². The molecule has 0 aromatic carbocycles. The highest BCUT2D eigenvalue weighted by molar-refractivity contribution is 5.01. The minimum atomic E-state index is 0.0852. The van der Waals surface area contributed by atoms with Crippen LogP contribution in [0.1, 0.15) is 64.7 Å². The molecule has 2 heteroatoms. The van der Waals surface area contributed by atoms with E-state index in [2.05, 4.69) is 31.2 Å². The average molecular weight is 266 g/mol. The van der Waals surface area contributed by atoms with Crippen molar-refractivity contribution in [2.75, 3.05) is 13.2 Å². The van der Waals surface area contributed by atoms with Crippen molar-refractivity contribution in [3.8, 4) is 0 Å². The summed E-state index contributed by atoms with van der Waals surface area (Å²) in [5, 5.41) is 0. The fourth-order valence-corrected chi connectivity index (χ4v) is 2.16. The van der Waals surface area contributed by atoms with Crippen molar-refractivity contribution in [3.05, 3.63) is 24.3 Å². The number of hydrogen-bond donors (Lipinski definition) is 0. The third-order valence-corrected chi connectivity index (χ3v) is 3.33. The molecule has 1 aliphatic rings. The van der Waals surface area contributed by atoms with Crippen molar-refractivity contribution in [1.29, 1.82) is 0 Å². The molecule has 0 radical (unpaired) electrons. The first-order valence-electron chi connectivity index (χ1n) is 7.98. The molecule has 1 fully saturated rings. The predicted molar refractivity (Wildman–Crippen MR) is 81.2 cm³/mol. The minimum Gasteiger partial charge on any atom is -0.353 e. The molecule has 110 valence electrons. The smallest absolute Gasteiger partial charge is 0.157 e. The van der Waals surface area contributed by atoms with Gasteiger partial charge in [0.2, 0.25) is 0 Å². The Labute approximate surface area is 118 Å². The van der Waals surface area contributed by atoms with Gasteiger partial charge in [-0.05, 0) is 44.9 Å². The number of hydrogen-bond acceptors (Lipinski definition) is 2. The summed E-state index contributed by atoms with van der Waals surface area (Å²) in [5.41, 5.74) is 0. The van der Waals surface area contributed by atoms with Gasteiger partial charge in [-0.3, -0.25) is 0 Å². The second-order valence-corrected chi connectivity index (χ2v) is 5.13. The number of unbranched alkanes of at least 4 members (excludes halogenated alkanes) is 4.